The number of aromatic nitrogens is 3. The number of rotatable bonds is 8. The molecule has 2 aliphatic heterocycles. The largest absolute Gasteiger partial charge is 0.493 e. The SMILES string of the molecule is COc1cc(C(Nc2ccc(C(=N)N)cc2)c2nn(C3N=CSC3C(=O)O)c(=O)[nH]2)c(F)c2c1OCCC2. The molecule has 0 fully saturated rings. The van der Waals surface area contributed by atoms with Crippen molar-refractivity contribution in [3.8, 4) is 11.5 Å². The van der Waals surface area contributed by atoms with Crippen molar-refractivity contribution in [2.45, 2.75) is 30.3 Å². The molecule has 0 bridgehead atoms. The zero-order valence-electron chi connectivity index (χ0n) is 20.1. The number of carboxylic acid groups (broad SMARTS) is 1. The third-order valence-electron chi connectivity index (χ3n) is 6.28. The van der Waals surface area contributed by atoms with Gasteiger partial charge in [-0.05, 0) is 43.2 Å². The fraction of sp³-hybridized carbons (Fsp3) is 0.292. The van der Waals surface area contributed by atoms with E-state index < -0.39 is 34.9 Å². The zero-order chi connectivity index (χ0) is 27.0. The molecule has 6 N–H and O–H groups in total. The molecular formula is C24H24FN7O5S. The summed E-state index contributed by atoms with van der Waals surface area (Å²) in [5, 5.41) is 23.6. The number of amidine groups is 1. The Morgan fingerprint density at radius 3 is 2.87 bits per heavy atom. The zero-order valence-corrected chi connectivity index (χ0v) is 20.9. The van der Waals surface area contributed by atoms with Crippen molar-refractivity contribution in [1.82, 2.24) is 14.8 Å². The molecule has 0 saturated heterocycles. The number of nitrogen functional groups attached to an aromatic ring is 1. The normalized spacial score (nSPS) is 18.9. The Labute approximate surface area is 219 Å². The molecule has 198 valence electrons. The second-order valence-corrected chi connectivity index (χ2v) is 9.62. The number of aromatic amines is 1. The summed E-state index contributed by atoms with van der Waals surface area (Å²) in [6, 6.07) is 7.05. The molecule has 3 atom stereocenters. The molecule has 0 saturated carbocycles. The second kappa shape index (κ2) is 10.2. The number of fused-ring (bicyclic) bond motifs is 1. The lowest BCUT2D eigenvalue weighted by atomic mass is 9.96. The van der Waals surface area contributed by atoms with Crippen LogP contribution in [0.2, 0.25) is 0 Å². The van der Waals surface area contributed by atoms with Crippen LogP contribution in [0.5, 0.6) is 11.5 Å². The number of aliphatic carboxylic acids is 1. The van der Waals surface area contributed by atoms with E-state index in [1.54, 1.807) is 24.3 Å². The van der Waals surface area contributed by atoms with Crippen LogP contribution in [0, 0.1) is 11.2 Å². The first-order chi connectivity index (χ1) is 18.3. The summed E-state index contributed by atoms with van der Waals surface area (Å²) >= 11 is 0.967. The van der Waals surface area contributed by atoms with Gasteiger partial charge in [0.25, 0.3) is 0 Å². The smallest absolute Gasteiger partial charge is 0.345 e. The van der Waals surface area contributed by atoms with E-state index in [0.717, 1.165) is 16.4 Å². The van der Waals surface area contributed by atoms with E-state index in [1.807, 2.05) is 0 Å². The first-order valence-corrected chi connectivity index (χ1v) is 12.5. The fourth-order valence-corrected chi connectivity index (χ4v) is 5.18. The Morgan fingerprint density at radius 2 is 2.18 bits per heavy atom. The van der Waals surface area contributed by atoms with Crippen molar-refractivity contribution in [2.24, 2.45) is 10.7 Å². The maximum absolute atomic E-state index is 16.0. The number of ether oxygens (including phenoxy) is 2. The van der Waals surface area contributed by atoms with Crippen LogP contribution in [0.1, 0.15) is 41.1 Å². The minimum Gasteiger partial charge on any atom is -0.493 e. The Bertz CT molecular complexity index is 1490. The standard InChI is InChI=1S/C24H24FN7O5S/c1-36-15-9-14(16(25)13-3-2-8-37-18(13)15)17(29-12-6-4-11(5-7-12)20(26)27)21-30-24(35)32(31-21)22-19(23(33)34)38-10-28-22/h4-7,9-10,17,19,22,29H,2-3,8H2,1H3,(H3,26,27)(H,33,34)(H,30,31,35). The van der Waals surface area contributed by atoms with Crippen molar-refractivity contribution >= 4 is 34.8 Å². The Balaban J connectivity index is 1.62. The van der Waals surface area contributed by atoms with Gasteiger partial charge in [-0.3, -0.25) is 20.2 Å². The number of H-pyrrole nitrogens is 1. The molecule has 2 aliphatic rings. The van der Waals surface area contributed by atoms with Gasteiger partial charge in [-0.15, -0.1) is 0 Å². The molecular weight excluding hydrogens is 517 g/mol. The van der Waals surface area contributed by atoms with E-state index >= 15 is 4.39 Å². The highest BCUT2D eigenvalue weighted by Crippen LogP contribution is 2.41. The summed E-state index contributed by atoms with van der Waals surface area (Å²) in [5.41, 5.74) is 7.75. The lowest BCUT2D eigenvalue weighted by molar-refractivity contribution is -0.137. The molecule has 0 radical (unpaired) electrons. The summed E-state index contributed by atoms with van der Waals surface area (Å²) in [4.78, 5) is 31.3. The highest BCUT2D eigenvalue weighted by Gasteiger charge is 2.36. The molecule has 0 amide bonds. The molecule has 5 rings (SSSR count). The number of halogens is 1. The average Bonchev–Trinajstić information content (AvgIpc) is 3.55. The molecule has 3 aromatic rings. The van der Waals surface area contributed by atoms with Gasteiger partial charge in [0.2, 0.25) is 0 Å². The van der Waals surface area contributed by atoms with Gasteiger partial charge in [-0.25, -0.2) is 9.18 Å². The molecule has 2 aromatic carbocycles. The number of thioether (sulfide) groups is 1. The highest BCUT2D eigenvalue weighted by atomic mass is 32.2. The topological polar surface area (TPSA) is 181 Å². The molecule has 3 unspecified atom stereocenters. The van der Waals surface area contributed by atoms with E-state index in [0.29, 0.717) is 47.8 Å². The second-order valence-electron chi connectivity index (χ2n) is 8.63. The number of hydrogen-bond acceptors (Lipinski definition) is 9. The number of carbonyl (C=O) groups is 1. The van der Waals surface area contributed by atoms with Crippen LogP contribution < -0.4 is 26.2 Å². The first-order valence-electron chi connectivity index (χ1n) is 11.6. The monoisotopic (exact) mass is 541 g/mol. The highest BCUT2D eigenvalue weighted by molar-refractivity contribution is 8.13. The van der Waals surface area contributed by atoms with E-state index in [4.69, 9.17) is 20.6 Å². The van der Waals surface area contributed by atoms with Crippen LogP contribution in [-0.2, 0) is 11.2 Å². The quantitative estimate of drug-likeness (QED) is 0.211. The maximum Gasteiger partial charge on any atom is 0.345 e. The lowest BCUT2D eigenvalue weighted by Crippen LogP contribution is -2.31. The summed E-state index contributed by atoms with van der Waals surface area (Å²) in [6.07, 6.45) is -0.00707. The van der Waals surface area contributed by atoms with Gasteiger partial charge in [0.05, 0.1) is 19.3 Å². The number of benzene rings is 2. The van der Waals surface area contributed by atoms with E-state index in [9.17, 15) is 14.7 Å². The van der Waals surface area contributed by atoms with Gasteiger partial charge in [0.15, 0.2) is 28.7 Å². The van der Waals surface area contributed by atoms with Crippen molar-refractivity contribution in [3.05, 3.63) is 69.1 Å². The van der Waals surface area contributed by atoms with Crippen LogP contribution >= 0.6 is 11.8 Å². The molecule has 14 heteroatoms. The van der Waals surface area contributed by atoms with Gasteiger partial charge in [0, 0.05) is 22.4 Å². The lowest BCUT2D eigenvalue weighted by Gasteiger charge is -2.25. The van der Waals surface area contributed by atoms with Crippen molar-refractivity contribution in [2.75, 3.05) is 19.0 Å². The van der Waals surface area contributed by atoms with Crippen LogP contribution in [0.15, 0.2) is 40.1 Å². The van der Waals surface area contributed by atoms with Crippen molar-refractivity contribution in [3.63, 3.8) is 0 Å². The fourth-order valence-electron chi connectivity index (χ4n) is 4.42. The van der Waals surface area contributed by atoms with Gasteiger partial charge in [-0.1, -0.05) is 11.8 Å². The average molecular weight is 542 g/mol. The van der Waals surface area contributed by atoms with E-state index in [2.05, 4.69) is 20.4 Å². The minimum atomic E-state index is -1.14. The van der Waals surface area contributed by atoms with Crippen LogP contribution in [-0.4, -0.2) is 56.2 Å². The maximum atomic E-state index is 16.0. The number of nitrogens with zero attached hydrogens (tertiary/aromatic N) is 3. The Kier molecular flexibility index (Phi) is 6.80. The van der Waals surface area contributed by atoms with Crippen LogP contribution in [0.3, 0.4) is 0 Å². The number of nitrogens with two attached hydrogens (primary N) is 1. The summed E-state index contributed by atoms with van der Waals surface area (Å²) in [7, 11) is 1.45. The third kappa shape index (κ3) is 4.58. The van der Waals surface area contributed by atoms with Crippen LogP contribution in [0.25, 0.3) is 0 Å². The number of methoxy groups -OCH3 is 1. The van der Waals surface area contributed by atoms with Gasteiger partial charge >= 0.3 is 11.7 Å². The molecule has 38 heavy (non-hydrogen) atoms. The van der Waals surface area contributed by atoms with E-state index in [1.165, 1.54) is 18.7 Å². The first kappa shape index (κ1) is 25.3. The summed E-state index contributed by atoms with van der Waals surface area (Å²) in [6.45, 7) is 0.439. The number of hydrogen-bond donors (Lipinski definition) is 5. The Morgan fingerprint density at radius 1 is 1.42 bits per heavy atom. The Hall–Kier alpha value is -4.33. The van der Waals surface area contributed by atoms with Crippen LogP contribution in [0.4, 0.5) is 10.1 Å². The van der Waals surface area contributed by atoms with Gasteiger partial charge < -0.3 is 25.6 Å². The summed E-state index contributed by atoms with van der Waals surface area (Å²) in [5.74, 6) is -1.07. The number of anilines is 1. The molecule has 3 heterocycles. The van der Waals surface area contributed by atoms with E-state index in [-0.39, 0.29) is 17.2 Å². The minimum absolute atomic E-state index is 0.0412. The summed E-state index contributed by atoms with van der Waals surface area (Å²) < 4.78 is 28.1. The predicted molar refractivity (Wildman–Crippen MR) is 139 cm³/mol. The number of aliphatic imine (C=N–C) groups is 1. The molecule has 12 nitrogen and oxygen atoms in total. The number of nitrogens with one attached hydrogen (secondary N) is 3. The number of carboxylic acids is 1. The van der Waals surface area contributed by atoms with Crippen molar-refractivity contribution in [1.29, 1.82) is 5.41 Å². The molecule has 0 aliphatic carbocycles. The third-order valence-corrected chi connectivity index (χ3v) is 7.26. The van der Waals surface area contributed by atoms with Gasteiger partial charge in [-0.2, -0.15) is 9.78 Å². The van der Waals surface area contributed by atoms with Gasteiger partial charge in [0.1, 0.15) is 17.7 Å². The molecule has 1 aromatic heterocycles. The van der Waals surface area contributed by atoms with Crippen molar-refractivity contribution < 1.29 is 23.8 Å². The molecule has 0 spiro atoms. The predicted octanol–water partition coefficient (Wildman–Crippen LogP) is 2.26.